The molecule has 2 aliphatic rings. The third-order valence-corrected chi connectivity index (χ3v) is 5.97. The highest BCUT2D eigenvalue weighted by Crippen LogP contribution is 2.21. The number of amides is 1. The number of carbonyl (C=O) groups is 1. The van der Waals surface area contributed by atoms with E-state index in [1.54, 1.807) is 6.20 Å². The van der Waals surface area contributed by atoms with Crippen molar-refractivity contribution in [1.29, 1.82) is 0 Å². The number of anilines is 2. The zero-order valence-electron chi connectivity index (χ0n) is 17.9. The van der Waals surface area contributed by atoms with Crippen LogP contribution in [0.4, 0.5) is 11.6 Å². The summed E-state index contributed by atoms with van der Waals surface area (Å²) in [4.78, 5) is 26.4. The second-order valence-corrected chi connectivity index (χ2v) is 8.10. The Labute approximate surface area is 178 Å². The molecule has 4 rings (SSSR count). The number of nitrogens with zero attached hydrogens (tertiary/aromatic N) is 4. The van der Waals surface area contributed by atoms with Crippen molar-refractivity contribution in [1.82, 2.24) is 15.3 Å². The monoisotopic (exact) mass is 409 g/mol. The Morgan fingerprint density at radius 2 is 1.73 bits per heavy atom. The van der Waals surface area contributed by atoms with E-state index in [9.17, 15) is 4.79 Å². The van der Waals surface area contributed by atoms with Crippen molar-refractivity contribution in [3.8, 4) is 0 Å². The molecule has 2 aliphatic heterocycles. The van der Waals surface area contributed by atoms with Gasteiger partial charge in [0.05, 0.1) is 30.5 Å². The molecule has 0 spiro atoms. The summed E-state index contributed by atoms with van der Waals surface area (Å²) in [6, 6.07) is 8.30. The van der Waals surface area contributed by atoms with Gasteiger partial charge < -0.3 is 19.9 Å². The topological polar surface area (TPSA) is 70.6 Å². The predicted molar refractivity (Wildman–Crippen MR) is 118 cm³/mol. The standard InChI is InChI=1S/C23H31N5O2/c1-17(19-6-8-20(9-7-19)27-12-14-30-15-13-27)25-22(29)21-16-24-23(26-18(21)2)28-10-4-3-5-11-28/h6-9,16-17H,3-5,10-15H2,1-2H3,(H,25,29)/t17-/m0/s1. The van der Waals surface area contributed by atoms with Gasteiger partial charge in [-0.3, -0.25) is 4.79 Å². The molecule has 0 aliphatic carbocycles. The molecule has 160 valence electrons. The van der Waals surface area contributed by atoms with Gasteiger partial charge in [-0.15, -0.1) is 0 Å². The van der Waals surface area contributed by atoms with Gasteiger partial charge in [0.2, 0.25) is 5.95 Å². The van der Waals surface area contributed by atoms with Crippen molar-refractivity contribution < 1.29 is 9.53 Å². The Bertz CT molecular complexity index is 858. The summed E-state index contributed by atoms with van der Waals surface area (Å²) >= 11 is 0. The number of carbonyl (C=O) groups excluding carboxylic acids is 1. The Kier molecular flexibility index (Phi) is 6.47. The number of hydrogen-bond acceptors (Lipinski definition) is 6. The fourth-order valence-corrected chi connectivity index (χ4v) is 4.08. The van der Waals surface area contributed by atoms with E-state index in [2.05, 4.69) is 49.4 Å². The van der Waals surface area contributed by atoms with Gasteiger partial charge in [0.15, 0.2) is 0 Å². The number of piperidine rings is 1. The maximum atomic E-state index is 12.8. The van der Waals surface area contributed by atoms with Crippen LogP contribution in [0.1, 0.15) is 53.8 Å². The molecule has 0 bridgehead atoms. The van der Waals surface area contributed by atoms with Crippen LogP contribution in [0.15, 0.2) is 30.5 Å². The molecule has 1 N–H and O–H groups in total. The first kappa shape index (κ1) is 20.6. The predicted octanol–water partition coefficient (Wildman–Crippen LogP) is 3.10. The van der Waals surface area contributed by atoms with Crippen molar-refractivity contribution in [3.63, 3.8) is 0 Å². The molecule has 2 fully saturated rings. The van der Waals surface area contributed by atoms with Gasteiger partial charge >= 0.3 is 0 Å². The molecule has 1 amide bonds. The Balaban J connectivity index is 1.39. The molecule has 30 heavy (non-hydrogen) atoms. The zero-order valence-corrected chi connectivity index (χ0v) is 17.9. The third-order valence-electron chi connectivity index (χ3n) is 5.97. The lowest BCUT2D eigenvalue weighted by molar-refractivity contribution is 0.0938. The first-order chi connectivity index (χ1) is 14.6. The Morgan fingerprint density at radius 1 is 1.03 bits per heavy atom. The van der Waals surface area contributed by atoms with E-state index in [-0.39, 0.29) is 11.9 Å². The molecule has 1 aromatic carbocycles. The average Bonchev–Trinajstić information content (AvgIpc) is 2.80. The fourth-order valence-electron chi connectivity index (χ4n) is 4.08. The zero-order chi connectivity index (χ0) is 20.9. The highest BCUT2D eigenvalue weighted by molar-refractivity contribution is 5.95. The Morgan fingerprint density at radius 3 is 2.40 bits per heavy atom. The molecule has 0 radical (unpaired) electrons. The maximum Gasteiger partial charge on any atom is 0.255 e. The van der Waals surface area contributed by atoms with Crippen molar-refractivity contribution >= 4 is 17.5 Å². The average molecular weight is 410 g/mol. The van der Waals surface area contributed by atoms with Crippen LogP contribution in [0.3, 0.4) is 0 Å². The molecular formula is C23H31N5O2. The molecule has 1 aromatic heterocycles. The van der Waals surface area contributed by atoms with Crippen LogP contribution >= 0.6 is 0 Å². The van der Waals surface area contributed by atoms with Gasteiger partial charge in [-0.1, -0.05) is 12.1 Å². The minimum Gasteiger partial charge on any atom is -0.378 e. The quantitative estimate of drug-likeness (QED) is 0.818. The van der Waals surface area contributed by atoms with Crippen molar-refractivity contribution in [2.45, 2.75) is 39.2 Å². The maximum absolute atomic E-state index is 12.8. The number of rotatable bonds is 5. The van der Waals surface area contributed by atoms with Crippen LogP contribution in [-0.4, -0.2) is 55.3 Å². The van der Waals surface area contributed by atoms with Gasteiger partial charge in [-0.2, -0.15) is 0 Å². The van der Waals surface area contributed by atoms with E-state index in [0.29, 0.717) is 5.56 Å². The first-order valence-electron chi connectivity index (χ1n) is 10.9. The van der Waals surface area contributed by atoms with Crippen molar-refractivity contribution in [2.24, 2.45) is 0 Å². The molecule has 0 unspecified atom stereocenters. The summed E-state index contributed by atoms with van der Waals surface area (Å²) in [6.45, 7) is 9.23. The summed E-state index contributed by atoms with van der Waals surface area (Å²) in [7, 11) is 0. The number of morpholine rings is 1. The third kappa shape index (κ3) is 4.73. The highest BCUT2D eigenvalue weighted by atomic mass is 16.5. The van der Waals surface area contributed by atoms with E-state index in [0.717, 1.165) is 56.6 Å². The van der Waals surface area contributed by atoms with Gasteiger partial charge in [0, 0.05) is 38.1 Å². The normalized spacial score (nSPS) is 18.2. The van der Waals surface area contributed by atoms with Crippen molar-refractivity contribution in [3.05, 3.63) is 47.3 Å². The molecule has 2 aromatic rings. The van der Waals surface area contributed by atoms with Gasteiger partial charge in [0.1, 0.15) is 0 Å². The number of aryl methyl sites for hydroxylation is 1. The van der Waals surface area contributed by atoms with Crippen LogP contribution in [0, 0.1) is 6.92 Å². The minimum atomic E-state index is -0.137. The van der Waals surface area contributed by atoms with E-state index < -0.39 is 0 Å². The highest BCUT2D eigenvalue weighted by Gasteiger charge is 2.19. The molecule has 7 nitrogen and oxygen atoms in total. The van der Waals surface area contributed by atoms with Gasteiger partial charge in [-0.05, 0) is 50.8 Å². The number of ether oxygens (including phenoxy) is 1. The summed E-state index contributed by atoms with van der Waals surface area (Å²) < 4.78 is 5.42. The second kappa shape index (κ2) is 9.43. The largest absolute Gasteiger partial charge is 0.378 e. The van der Waals surface area contributed by atoms with Crippen molar-refractivity contribution in [2.75, 3.05) is 49.2 Å². The SMILES string of the molecule is Cc1nc(N2CCCCC2)ncc1C(=O)N[C@@H](C)c1ccc(N2CCOCC2)cc1. The van der Waals surface area contributed by atoms with E-state index in [4.69, 9.17) is 4.74 Å². The summed E-state index contributed by atoms with van der Waals surface area (Å²) in [5, 5.41) is 3.09. The number of nitrogens with one attached hydrogen (secondary N) is 1. The summed E-state index contributed by atoms with van der Waals surface area (Å²) in [6.07, 6.45) is 5.27. The van der Waals surface area contributed by atoms with Crippen LogP contribution in [-0.2, 0) is 4.74 Å². The molecular weight excluding hydrogens is 378 g/mol. The van der Waals surface area contributed by atoms with E-state index in [1.807, 2.05) is 13.8 Å². The lowest BCUT2D eigenvalue weighted by atomic mass is 10.1. The molecule has 2 saturated heterocycles. The minimum absolute atomic E-state index is 0.0996. The molecule has 1 atom stereocenters. The second-order valence-electron chi connectivity index (χ2n) is 8.10. The molecule has 7 heteroatoms. The van der Waals surface area contributed by atoms with Gasteiger partial charge in [0.25, 0.3) is 5.91 Å². The van der Waals surface area contributed by atoms with Gasteiger partial charge in [-0.25, -0.2) is 9.97 Å². The van der Waals surface area contributed by atoms with Crippen LogP contribution in [0.2, 0.25) is 0 Å². The fraction of sp³-hybridized carbons (Fsp3) is 0.522. The number of aromatic nitrogens is 2. The number of benzene rings is 1. The lowest BCUT2D eigenvalue weighted by Gasteiger charge is -2.29. The van der Waals surface area contributed by atoms with E-state index >= 15 is 0 Å². The van der Waals surface area contributed by atoms with E-state index in [1.165, 1.54) is 24.9 Å². The lowest BCUT2D eigenvalue weighted by Crippen LogP contribution is -2.36. The van der Waals surface area contributed by atoms with Crippen LogP contribution < -0.4 is 15.1 Å². The summed E-state index contributed by atoms with van der Waals surface area (Å²) in [5.41, 5.74) is 3.52. The molecule has 0 saturated carbocycles. The summed E-state index contributed by atoms with van der Waals surface area (Å²) in [5.74, 6) is 0.595. The smallest absolute Gasteiger partial charge is 0.255 e. The van der Waals surface area contributed by atoms with Crippen LogP contribution in [0.5, 0.6) is 0 Å². The number of hydrogen-bond donors (Lipinski definition) is 1. The Hall–Kier alpha value is -2.67. The van der Waals surface area contributed by atoms with Crippen LogP contribution in [0.25, 0.3) is 0 Å². The first-order valence-corrected chi connectivity index (χ1v) is 10.9. The molecule has 3 heterocycles.